The number of hydrogen-bond acceptors (Lipinski definition) is 8. The van der Waals surface area contributed by atoms with Crippen LogP contribution in [0.15, 0.2) is 122 Å². The van der Waals surface area contributed by atoms with Crippen molar-refractivity contribution in [1.82, 2.24) is 25.1 Å². The molecule has 0 spiro atoms. The molecule has 2 saturated heterocycles. The van der Waals surface area contributed by atoms with Gasteiger partial charge in [-0.2, -0.15) is 0 Å². The van der Waals surface area contributed by atoms with Gasteiger partial charge < -0.3 is 15.1 Å². The molecule has 4 aliphatic rings. The lowest BCUT2D eigenvalue weighted by Gasteiger charge is -2.28. The number of carbonyl (C=O) groups excluding carboxylic acids is 4. The molecule has 62 heavy (non-hydrogen) atoms. The number of ketones is 1. The van der Waals surface area contributed by atoms with Gasteiger partial charge in [-0.3, -0.25) is 19.2 Å². The first-order valence-electron chi connectivity index (χ1n) is 22.0. The maximum absolute atomic E-state index is 14.2. The van der Waals surface area contributed by atoms with Crippen LogP contribution in [0.3, 0.4) is 0 Å². The van der Waals surface area contributed by atoms with Crippen molar-refractivity contribution >= 4 is 46.2 Å². The summed E-state index contributed by atoms with van der Waals surface area (Å²) in [5, 5.41) is 4.93. The number of carbonyl (C=O) groups is 4. The third-order valence-electron chi connectivity index (χ3n) is 12.9. The normalized spacial score (nSPS) is 19.6. The minimum Gasteiger partial charge on any atom is -0.340 e. The highest BCUT2D eigenvalue weighted by molar-refractivity contribution is 7.15. The summed E-state index contributed by atoms with van der Waals surface area (Å²) in [4.78, 5) is 69.8. The van der Waals surface area contributed by atoms with E-state index in [9.17, 15) is 19.2 Å². The molecule has 6 aromatic rings. The van der Waals surface area contributed by atoms with Gasteiger partial charge in [0.2, 0.25) is 17.7 Å². The Hall–Kier alpha value is -5.78. The number of nitrogens with one attached hydrogen (secondary N) is 1. The summed E-state index contributed by atoms with van der Waals surface area (Å²) < 4.78 is 0. The average molecular weight is 860 g/mol. The summed E-state index contributed by atoms with van der Waals surface area (Å²) in [6.07, 6.45) is 11.3. The summed E-state index contributed by atoms with van der Waals surface area (Å²) in [5.41, 5.74) is 6.09. The van der Waals surface area contributed by atoms with Gasteiger partial charge in [-0.15, -0.1) is 22.7 Å². The van der Waals surface area contributed by atoms with Gasteiger partial charge in [-0.05, 0) is 84.7 Å². The van der Waals surface area contributed by atoms with Crippen LogP contribution in [-0.2, 0) is 19.2 Å². The topological polar surface area (TPSA) is 113 Å². The van der Waals surface area contributed by atoms with E-state index in [1.165, 1.54) is 0 Å². The smallest absolute Gasteiger partial charge is 0.250 e. The fourth-order valence-electron chi connectivity index (χ4n) is 9.09. The predicted molar refractivity (Wildman–Crippen MR) is 243 cm³/mol. The van der Waals surface area contributed by atoms with Gasteiger partial charge in [0, 0.05) is 43.7 Å². The number of aromatic nitrogens is 2. The number of Topliss-reactive ketones (excluding diaryl/α,β-unsaturated/α-hetero) is 1. The van der Waals surface area contributed by atoms with Crippen LogP contribution in [0.5, 0.6) is 0 Å². The Morgan fingerprint density at radius 1 is 0.565 bits per heavy atom. The van der Waals surface area contributed by atoms with Crippen molar-refractivity contribution in [1.29, 1.82) is 0 Å². The van der Waals surface area contributed by atoms with Crippen LogP contribution in [0.25, 0.3) is 32.0 Å². The molecule has 4 aromatic carbocycles. The Morgan fingerprint density at radius 2 is 1.03 bits per heavy atom. The predicted octanol–water partition coefficient (Wildman–Crippen LogP) is 10.3. The van der Waals surface area contributed by atoms with E-state index in [-0.39, 0.29) is 53.8 Å². The molecule has 4 fully saturated rings. The minimum atomic E-state index is -0.709. The van der Waals surface area contributed by atoms with E-state index in [1.807, 2.05) is 82.9 Å². The Kier molecular flexibility index (Phi) is 11.4. The number of nitrogens with zero attached hydrogens (tertiary/aromatic N) is 4. The molecule has 2 aromatic heterocycles. The highest BCUT2D eigenvalue weighted by Crippen LogP contribution is 2.42. The van der Waals surface area contributed by atoms with Crippen LogP contribution in [0.1, 0.15) is 103 Å². The zero-order valence-corrected chi connectivity index (χ0v) is 36.2. The van der Waals surface area contributed by atoms with Gasteiger partial charge in [0.1, 0.15) is 21.8 Å². The fraction of sp³-hybridized carbons (Fsp3) is 0.333. The van der Waals surface area contributed by atoms with Crippen LogP contribution in [0.4, 0.5) is 0 Å². The molecule has 2 aliphatic heterocycles. The molecule has 2 aliphatic carbocycles. The first kappa shape index (κ1) is 40.3. The Labute approximate surface area is 370 Å². The van der Waals surface area contributed by atoms with Gasteiger partial charge in [0.05, 0.1) is 27.8 Å². The highest BCUT2D eigenvalue weighted by atomic mass is 32.1. The SMILES string of the molecule is O=C(C[C@H](C(=O)N1CCC[C@@H]1c1ncc(-c2ccc(-c3ccc(-c4cnc([C@H]5CCCN5C(=O)[C@@H](NC(=O)C5CC5)c5ccccc5)s4)cc3)cc2)s1)c1ccccc1)C1CC1. The zero-order valence-electron chi connectivity index (χ0n) is 34.5. The highest BCUT2D eigenvalue weighted by Gasteiger charge is 2.41. The zero-order chi connectivity index (χ0) is 42.2. The van der Waals surface area contributed by atoms with Gasteiger partial charge in [0.15, 0.2) is 0 Å². The third-order valence-corrected chi connectivity index (χ3v) is 15.2. The third kappa shape index (κ3) is 8.52. The van der Waals surface area contributed by atoms with E-state index in [4.69, 9.17) is 9.97 Å². The van der Waals surface area contributed by atoms with Gasteiger partial charge in [-0.25, -0.2) is 9.97 Å². The van der Waals surface area contributed by atoms with E-state index in [0.29, 0.717) is 13.1 Å². The molecule has 314 valence electrons. The monoisotopic (exact) mass is 859 g/mol. The number of thiazole rings is 2. The molecule has 11 heteroatoms. The first-order chi connectivity index (χ1) is 30.4. The molecule has 2 saturated carbocycles. The summed E-state index contributed by atoms with van der Waals surface area (Å²) >= 11 is 3.27. The molecule has 4 heterocycles. The number of benzene rings is 4. The largest absolute Gasteiger partial charge is 0.340 e. The maximum Gasteiger partial charge on any atom is 0.250 e. The Morgan fingerprint density at radius 3 is 1.53 bits per heavy atom. The molecule has 0 bridgehead atoms. The minimum absolute atomic E-state index is 0.0123. The average Bonchev–Trinajstić information content (AvgIpc) is 4.07. The van der Waals surface area contributed by atoms with Crippen molar-refractivity contribution < 1.29 is 19.2 Å². The van der Waals surface area contributed by atoms with E-state index in [0.717, 1.165) is 105 Å². The van der Waals surface area contributed by atoms with Crippen LogP contribution < -0.4 is 5.32 Å². The number of likely N-dealkylation sites (tertiary alicyclic amines) is 2. The van der Waals surface area contributed by atoms with Crippen LogP contribution >= 0.6 is 22.7 Å². The molecule has 0 unspecified atom stereocenters. The molecule has 1 N–H and O–H groups in total. The first-order valence-corrected chi connectivity index (χ1v) is 23.7. The fourth-order valence-corrected chi connectivity index (χ4v) is 11.2. The lowest BCUT2D eigenvalue weighted by Crippen LogP contribution is -2.43. The van der Waals surface area contributed by atoms with Crippen molar-refractivity contribution in [3.63, 3.8) is 0 Å². The molecule has 4 atom stereocenters. The van der Waals surface area contributed by atoms with E-state index in [2.05, 4.69) is 53.8 Å². The number of hydrogen-bond donors (Lipinski definition) is 1. The molecule has 0 radical (unpaired) electrons. The van der Waals surface area contributed by atoms with E-state index < -0.39 is 12.0 Å². The van der Waals surface area contributed by atoms with Crippen LogP contribution in [-0.4, -0.2) is 56.4 Å². The summed E-state index contributed by atoms with van der Waals surface area (Å²) in [6, 6.07) is 35.5. The Balaban J connectivity index is 0.797. The van der Waals surface area contributed by atoms with Crippen molar-refractivity contribution in [3.05, 3.63) is 143 Å². The molecular formula is C51H49N5O4S2. The van der Waals surface area contributed by atoms with Gasteiger partial charge in [-0.1, -0.05) is 109 Å². The van der Waals surface area contributed by atoms with Gasteiger partial charge >= 0.3 is 0 Å². The second kappa shape index (κ2) is 17.5. The van der Waals surface area contributed by atoms with E-state index >= 15 is 0 Å². The van der Waals surface area contributed by atoms with Crippen LogP contribution in [0, 0.1) is 11.8 Å². The summed E-state index contributed by atoms with van der Waals surface area (Å²) in [6.45, 7) is 1.31. The second-order valence-electron chi connectivity index (χ2n) is 17.2. The van der Waals surface area contributed by atoms with E-state index in [1.54, 1.807) is 22.7 Å². The van der Waals surface area contributed by atoms with Crippen molar-refractivity contribution in [2.45, 2.75) is 81.8 Å². The maximum atomic E-state index is 14.2. The van der Waals surface area contributed by atoms with Crippen molar-refractivity contribution in [2.24, 2.45) is 11.8 Å². The molecule has 3 amide bonds. The standard InChI is InChI=1S/C51H49N5O4S2/c57-43(35-19-20-35)29-40(34-9-3-1-4-10-34)50(59)55-27-7-13-41(55)48-52-30-44(61-48)36-21-15-32(16-22-36)33-17-23-37(24-18-33)45-31-53-49(62-45)42-14-8-28-56(42)51(60)46(38-11-5-2-6-12-38)54-47(58)39-25-26-39/h1-6,9-12,15-18,21-24,30-31,35,39-42,46H,7-8,13-14,19-20,25-29H2,(H,54,58)/t40-,41+,42+,46-/m0/s1. The molecular weight excluding hydrogens is 811 g/mol. The van der Waals surface area contributed by atoms with Crippen molar-refractivity contribution in [3.8, 4) is 32.0 Å². The Bertz CT molecular complexity index is 2390. The number of rotatable bonds is 14. The lowest BCUT2D eigenvalue weighted by molar-refractivity contribution is -0.137. The van der Waals surface area contributed by atoms with Crippen LogP contribution in [0.2, 0.25) is 0 Å². The summed E-state index contributed by atoms with van der Waals surface area (Å²) in [5.74, 6) is -0.198. The number of amides is 3. The summed E-state index contributed by atoms with van der Waals surface area (Å²) in [7, 11) is 0. The quantitative estimate of drug-likeness (QED) is 0.117. The molecule has 10 rings (SSSR count). The lowest BCUT2D eigenvalue weighted by atomic mass is 9.91. The van der Waals surface area contributed by atoms with Gasteiger partial charge in [0.25, 0.3) is 0 Å². The van der Waals surface area contributed by atoms with Crippen molar-refractivity contribution in [2.75, 3.05) is 13.1 Å². The second-order valence-corrected chi connectivity index (χ2v) is 19.3. The molecule has 9 nitrogen and oxygen atoms in total.